The van der Waals surface area contributed by atoms with Gasteiger partial charge in [0.25, 0.3) is 0 Å². The van der Waals surface area contributed by atoms with Crippen LogP contribution in [0.5, 0.6) is 5.75 Å². The summed E-state index contributed by atoms with van der Waals surface area (Å²) in [5.41, 5.74) is 4.61. The first-order valence-electron chi connectivity index (χ1n) is 10.8. The smallest absolute Gasteiger partial charge is 0.180 e. The highest BCUT2D eigenvalue weighted by molar-refractivity contribution is 5.59. The molecule has 0 unspecified atom stereocenters. The van der Waals surface area contributed by atoms with E-state index in [0.29, 0.717) is 0 Å². The van der Waals surface area contributed by atoms with Crippen LogP contribution in [0, 0.1) is 0 Å². The van der Waals surface area contributed by atoms with Gasteiger partial charge in [-0.3, -0.25) is 4.98 Å². The van der Waals surface area contributed by atoms with Crippen LogP contribution in [0.25, 0.3) is 11.5 Å². The molecule has 5 rings (SSSR count). The Balaban J connectivity index is 1.42. The molecule has 6 nitrogen and oxygen atoms in total. The van der Waals surface area contributed by atoms with E-state index in [9.17, 15) is 0 Å². The van der Waals surface area contributed by atoms with Gasteiger partial charge in [0.1, 0.15) is 17.3 Å². The van der Waals surface area contributed by atoms with Gasteiger partial charge in [-0.2, -0.15) is 0 Å². The average molecular weight is 402 g/mol. The Morgan fingerprint density at radius 2 is 1.77 bits per heavy atom. The molecule has 0 N–H and O–H groups in total. The fourth-order valence-electron chi connectivity index (χ4n) is 4.48. The van der Waals surface area contributed by atoms with Gasteiger partial charge >= 0.3 is 0 Å². The first-order chi connectivity index (χ1) is 14.8. The monoisotopic (exact) mass is 401 g/mol. The van der Waals surface area contributed by atoms with Crippen molar-refractivity contribution < 1.29 is 4.74 Å². The molecule has 0 atom stereocenters. The predicted molar refractivity (Wildman–Crippen MR) is 119 cm³/mol. The third-order valence-corrected chi connectivity index (χ3v) is 6.02. The Bertz CT molecular complexity index is 1020. The molecule has 0 amide bonds. The number of anilines is 2. The second-order valence-electron chi connectivity index (χ2n) is 7.89. The minimum Gasteiger partial charge on any atom is -0.497 e. The van der Waals surface area contributed by atoms with Crippen LogP contribution < -0.4 is 14.5 Å². The number of nitrogens with zero attached hydrogens (tertiary/aromatic N) is 5. The molecule has 6 heteroatoms. The van der Waals surface area contributed by atoms with E-state index in [4.69, 9.17) is 14.7 Å². The largest absolute Gasteiger partial charge is 0.497 e. The second-order valence-corrected chi connectivity index (χ2v) is 7.89. The van der Waals surface area contributed by atoms with Crippen LogP contribution in [-0.2, 0) is 12.8 Å². The van der Waals surface area contributed by atoms with Crippen molar-refractivity contribution in [1.29, 1.82) is 0 Å². The minimum atomic E-state index is 0.750. The number of benzene rings is 1. The Hall–Kier alpha value is -3.15. The highest BCUT2D eigenvalue weighted by Gasteiger charge is 2.25. The van der Waals surface area contributed by atoms with E-state index in [-0.39, 0.29) is 0 Å². The van der Waals surface area contributed by atoms with Gasteiger partial charge in [-0.15, -0.1) is 0 Å². The van der Waals surface area contributed by atoms with Gasteiger partial charge < -0.3 is 14.5 Å². The van der Waals surface area contributed by atoms with Crippen LogP contribution in [0.3, 0.4) is 0 Å². The quantitative estimate of drug-likeness (QED) is 0.664. The third-order valence-electron chi connectivity index (χ3n) is 6.02. The summed E-state index contributed by atoms with van der Waals surface area (Å²) in [7, 11) is 1.72. The number of hydrogen-bond donors (Lipinski definition) is 0. The Kier molecular flexibility index (Phi) is 5.22. The van der Waals surface area contributed by atoms with Crippen LogP contribution in [-0.4, -0.2) is 48.2 Å². The zero-order chi connectivity index (χ0) is 20.3. The number of hydrogen-bond acceptors (Lipinski definition) is 6. The number of pyridine rings is 1. The van der Waals surface area contributed by atoms with Crippen molar-refractivity contribution in [2.24, 2.45) is 0 Å². The van der Waals surface area contributed by atoms with Crippen LogP contribution in [0.4, 0.5) is 11.5 Å². The fourth-order valence-corrected chi connectivity index (χ4v) is 4.48. The van der Waals surface area contributed by atoms with E-state index >= 15 is 0 Å². The summed E-state index contributed by atoms with van der Waals surface area (Å²) in [6.07, 6.45) is 6.17. The normalized spacial score (nSPS) is 16.3. The Morgan fingerprint density at radius 3 is 2.63 bits per heavy atom. The minimum absolute atomic E-state index is 0.750. The lowest BCUT2D eigenvalue weighted by Crippen LogP contribution is -2.32. The first kappa shape index (κ1) is 18.9. The van der Waals surface area contributed by atoms with Gasteiger partial charge in [0, 0.05) is 55.4 Å². The lowest BCUT2D eigenvalue weighted by Gasteiger charge is -2.26. The number of aryl methyl sites for hydroxylation is 1. The predicted octanol–water partition coefficient (Wildman–Crippen LogP) is 3.75. The number of methoxy groups -OCH3 is 1. The molecule has 154 valence electrons. The van der Waals surface area contributed by atoms with E-state index in [0.717, 1.165) is 74.9 Å². The van der Waals surface area contributed by atoms with Crippen LogP contribution in [0.15, 0.2) is 48.7 Å². The molecule has 2 aliphatic rings. The Labute approximate surface area is 177 Å². The first-order valence-corrected chi connectivity index (χ1v) is 10.8. The molecule has 1 aliphatic heterocycles. The summed E-state index contributed by atoms with van der Waals surface area (Å²) in [5.74, 6) is 2.77. The molecule has 1 saturated heterocycles. The highest BCUT2D eigenvalue weighted by Crippen LogP contribution is 2.32. The van der Waals surface area contributed by atoms with Gasteiger partial charge in [0.2, 0.25) is 0 Å². The van der Waals surface area contributed by atoms with Crippen molar-refractivity contribution in [1.82, 2.24) is 15.0 Å². The molecule has 0 saturated carbocycles. The molecule has 0 spiro atoms. The summed E-state index contributed by atoms with van der Waals surface area (Å²) in [6.45, 7) is 3.95. The summed E-state index contributed by atoms with van der Waals surface area (Å²) in [6, 6.07) is 14.3. The van der Waals surface area contributed by atoms with Gasteiger partial charge in [0.15, 0.2) is 5.82 Å². The molecule has 0 bridgehead atoms. The van der Waals surface area contributed by atoms with Gasteiger partial charge in [-0.25, -0.2) is 9.97 Å². The van der Waals surface area contributed by atoms with Gasteiger partial charge in [-0.1, -0.05) is 12.1 Å². The fraction of sp³-hybridized carbons (Fsp3) is 0.375. The Morgan fingerprint density at radius 1 is 0.867 bits per heavy atom. The van der Waals surface area contributed by atoms with Crippen LogP contribution in [0.2, 0.25) is 0 Å². The summed E-state index contributed by atoms with van der Waals surface area (Å²) in [4.78, 5) is 19.3. The molecule has 1 aromatic carbocycles. The lowest BCUT2D eigenvalue weighted by atomic mass is 10.2. The maximum absolute atomic E-state index is 5.41. The summed E-state index contributed by atoms with van der Waals surface area (Å²) >= 11 is 0. The summed E-state index contributed by atoms with van der Waals surface area (Å²) in [5, 5.41) is 0. The van der Waals surface area contributed by atoms with Gasteiger partial charge in [-0.05, 0) is 49.9 Å². The van der Waals surface area contributed by atoms with E-state index in [1.165, 1.54) is 16.9 Å². The van der Waals surface area contributed by atoms with Crippen molar-refractivity contribution >= 4 is 11.5 Å². The van der Waals surface area contributed by atoms with Crippen molar-refractivity contribution in [2.45, 2.75) is 25.7 Å². The molecule has 2 aromatic heterocycles. The number of aromatic nitrogens is 3. The van der Waals surface area contributed by atoms with Crippen LogP contribution in [0.1, 0.15) is 24.1 Å². The molecular weight excluding hydrogens is 374 g/mol. The van der Waals surface area contributed by atoms with Crippen molar-refractivity contribution in [2.75, 3.05) is 43.1 Å². The summed E-state index contributed by atoms with van der Waals surface area (Å²) < 4.78 is 5.41. The standard InChI is InChI=1S/C24H27N5O/c1-30-19-8-4-7-18(17-19)28-13-6-14-29(16-15-28)24-20-9-5-11-21(20)26-23(27-24)22-10-2-3-12-25-22/h2-4,7-8,10,12,17H,5-6,9,11,13-16H2,1H3. The molecule has 1 fully saturated rings. The molecule has 30 heavy (non-hydrogen) atoms. The molecule has 3 heterocycles. The third kappa shape index (κ3) is 3.70. The zero-order valence-electron chi connectivity index (χ0n) is 17.4. The molecule has 0 radical (unpaired) electrons. The van der Waals surface area contributed by atoms with Gasteiger partial charge in [0.05, 0.1) is 7.11 Å². The molecule has 1 aliphatic carbocycles. The molecule has 3 aromatic rings. The number of ether oxygens (including phenoxy) is 1. The molecular formula is C24H27N5O. The number of rotatable bonds is 4. The van der Waals surface area contributed by atoms with E-state index in [2.05, 4.69) is 33.0 Å². The maximum Gasteiger partial charge on any atom is 0.180 e. The lowest BCUT2D eigenvalue weighted by molar-refractivity contribution is 0.415. The zero-order valence-corrected chi connectivity index (χ0v) is 17.4. The van der Waals surface area contributed by atoms with E-state index < -0.39 is 0 Å². The van der Waals surface area contributed by atoms with Crippen molar-refractivity contribution in [3.63, 3.8) is 0 Å². The second kappa shape index (κ2) is 8.30. The highest BCUT2D eigenvalue weighted by atomic mass is 16.5. The van der Waals surface area contributed by atoms with Crippen LogP contribution >= 0.6 is 0 Å². The number of fused-ring (bicyclic) bond motifs is 1. The SMILES string of the molecule is COc1cccc(N2CCCN(c3nc(-c4ccccn4)nc4c3CCC4)CC2)c1. The van der Waals surface area contributed by atoms with E-state index in [1.54, 1.807) is 7.11 Å². The average Bonchev–Trinajstić information content (AvgIpc) is 3.15. The topological polar surface area (TPSA) is 54.4 Å². The maximum atomic E-state index is 5.41. The van der Waals surface area contributed by atoms with Crippen molar-refractivity contribution in [3.8, 4) is 17.3 Å². The van der Waals surface area contributed by atoms with Crippen molar-refractivity contribution in [3.05, 3.63) is 59.9 Å². The van der Waals surface area contributed by atoms with E-state index in [1.807, 2.05) is 30.5 Å².